The number of hydrogen-bond donors (Lipinski definition) is 2. The molecule has 2 aliphatic carbocycles. The van der Waals surface area contributed by atoms with Gasteiger partial charge in [-0.1, -0.05) is 23.5 Å². The van der Waals surface area contributed by atoms with Gasteiger partial charge in [-0.3, -0.25) is 24.1 Å². The Morgan fingerprint density at radius 3 is 2.66 bits per heavy atom. The molecule has 1 aromatic carbocycles. The van der Waals surface area contributed by atoms with Crippen LogP contribution in [0.4, 0.5) is 0 Å². The van der Waals surface area contributed by atoms with Crippen LogP contribution in [0.3, 0.4) is 0 Å². The van der Waals surface area contributed by atoms with Crippen molar-refractivity contribution in [2.75, 3.05) is 19.8 Å². The molecule has 0 radical (unpaired) electrons. The van der Waals surface area contributed by atoms with Crippen molar-refractivity contribution in [3.8, 4) is 5.75 Å². The lowest BCUT2D eigenvalue weighted by molar-refractivity contribution is -0.146. The Morgan fingerprint density at radius 1 is 1.16 bits per heavy atom. The van der Waals surface area contributed by atoms with Gasteiger partial charge in [0.25, 0.3) is 0 Å². The van der Waals surface area contributed by atoms with Gasteiger partial charge in [0.2, 0.25) is 11.8 Å². The Labute approximate surface area is 225 Å². The Balaban J connectivity index is 1.34. The van der Waals surface area contributed by atoms with Gasteiger partial charge < -0.3 is 19.6 Å². The number of carboxylic acids is 1. The number of likely N-dealkylation sites (tertiary alicyclic amines) is 1. The van der Waals surface area contributed by atoms with Crippen molar-refractivity contribution in [1.29, 1.82) is 0 Å². The molecule has 12 heteroatoms. The molecule has 6 rings (SSSR count). The highest BCUT2D eigenvalue weighted by Crippen LogP contribution is 2.68. The van der Waals surface area contributed by atoms with Crippen molar-refractivity contribution in [2.24, 2.45) is 29.6 Å². The van der Waals surface area contributed by atoms with Crippen LogP contribution in [-0.4, -0.2) is 63.8 Å². The molecule has 200 valence electrons. The molecule has 10 nitrogen and oxygen atoms in total. The largest absolute Gasteiger partial charge is 0.482 e. The minimum absolute atomic E-state index is 0.0154. The number of fused-ring (bicyclic) bond motifs is 9. The summed E-state index contributed by atoms with van der Waals surface area (Å²) in [6, 6.07) is 7.44. The number of nitrogens with one attached hydrogen (secondary N) is 1. The maximum absolute atomic E-state index is 13.4. The van der Waals surface area contributed by atoms with Gasteiger partial charge in [-0.05, 0) is 48.8 Å². The summed E-state index contributed by atoms with van der Waals surface area (Å²) >= 11 is 2.76. The lowest BCUT2D eigenvalue weighted by Gasteiger charge is -2.43. The van der Waals surface area contributed by atoms with E-state index in [9.17, 15) is 24.0 Å². The number of aliphatic carboxylic acids is 1. The molecule has 2 aliphatic heterocycles. The van der Waals surface area contributed by atoms with Crippen LogP contribution in [0.5, 0.6) is 5.75 Å². The summed E-state index contributed by atoms with van der Waals surface area (Å²) in [5.41, 5.74) is 0.918. The minimum Gasteiger partial charge on any atom is -0.482 e. The highest BCUT2D eigenvalue weighted by Gasteiger charge is 2.69. The number of carboxylic acid groups (broad SMARTS) is 1. The van der Waals surface area contributed by atoms with Gasteiger partial charge in [0.15, 0.2) is 6.61 Å². The number of hydrogen-bond acceptors (Lipinski definition) is 9. The molecule has 2 bridgehead atoms. The zero-order valence-corrected chi connectivity index (χ0v) is 22.1. The Kier molecular flexibility index (Phi) is 6.34. The number of carbonyl (C=O) groups is 4. The molecule has 2 amide bonds. The van der Waals surface area contributed by atoms with Crippen molar-refractivity contribution in [2.45, 2.75) is 36.0 Å². The Bertz CT molecular complexity index is 1390. The molecule has 4 aliphatic rings. The smallest absolute Gasteiger partial charge is 0.344 e. The number of H-pyrrole nitrogens is 1. The van der Waals surface area contributed by atoms with Gasteiger partial charge in [0.05, 0.1) is 29.9 Å². The van der Waals surface area contributed by atoms with E-state index in [0.717, 1.165) is 38.1 Å². The number of ether oxygens (including phenoxy) is 2. The van der Waals surface area contributed by atoms with E-state index in [1.807, 2.05) is 18.2 Å². The number of thioether (sulfide) groups is 1. The van der Waals surface area contributed by atoms with Crippen LogP contribution in [0.2, 0.25) is 0 Å². The number of benzene rings is 1. The second kappa shape index (κ2) is 9.57. The normalized spacial score (nSPS) is 30.7. The molecule has 6 unspecified atom stereocenters. The monoisotopic (exact) mass is 558 g/mol. The van der Waals surface area contributed by atoms with Crippen LogP contribution in [0.1, 0.15) is 36.1 Å². The number of amides is 2. The first-order chi connectivity index (χ1) is 18.3. The fourth-order valence-electron chi connectivity index (χ4n) is 7.02. The van der Waals surface area contributed by atoms with Crippen molar-refractivity contribution in [3.05, 3.63) is 44.4 Å². The highest BCUT2D eigenvalue weighted by atomic mass is 32.2. The number of carbonyl (C=O) groups excluding carboxylic acids is 3. The summed E-state index contributed by atoms with van der Waals surface area (Å²) in [5.74, 6) is -2.71. The van der Waals surface area contributed by atoms with E-state index in [0.29, 0.717) is 5.75 Å². The van der Waals surface area contributed by atoms with E-state index >= 15 is 0 Å². The minimum atomic E-state index is -1.05. The van der Waals surface area contributed by atoms with Crippen LogP contribution in [0.15, 0.2) is 34.1 Å². The van der Waals surface area contributed by atoms with Crippen LogP contribution < -0.4 is 9.61 Å². The second-order valence-electron chi connectivity index (χ2n) is 10.1. The summed E-state index contributed by atoms with van der Waals surface area (Å²) in [7, 11) is 0. The first-order valence-corrected chi connectivity index (χ1v) is 14.3. The third kappa shape index (κ3) is 3.96. The molecule has 1 aromatic heterocycles. The van der Waals surface area contributed by atoms with Crippen LogP contribution in [0, 0.1) is 29.6 Å². The van der Waals surface area contributed by atoms with E-state index < -0.39 is 23.8 Å². The molecular formula is C26H26N2O8S2. The standard InChI is InChI=1S/C26H26N2O8S2/c1-2-35-16(31)10-36-12-5-3-4-11(8-12)17-18-13-9-14(21(18)37-23-22(17)38-26(34)27-23)20-19(13)24(32)28(25(20)33)7-6-15(29)30/h3-5,8,13-14,17-21H,2,6-7,9-10H2,1H3,(H,27,34)(H,29,30)/t13?,14?,17-,18?,19?,20?,21?/m1/s1. The van der Waals surface area contributed by atoms with E-state index in [1.54, 1.807) is 24.8 Å². The number of aromatic amines is 1. The van der Waals surface area contributed by atoms with Crippen molar-refractivity contribution >= 4 is 46.9 Å². The number of imide groups is 1. The highest BCUT2D eigenvalue weighted by molar-refractivity contribution is 8.00. The molecule has 38 heavy (non-hydrogen) atoms. The lowest BCUT2D eigenvalue weighted by Crippen LogP contribution is -2.42. The predicted molar refractivity (Wildman–Crippen MR) is 136 cm³/mol. The Hall–Kier alpha value is -3.12. The summed E-state index contributed by atoms with van der Waals surface area (Å²) in [5, 5.41) is 9.93. The fourth-order valence-corrected chi connectivity index (χ4v) is 9.91. The topological polar surface area (TPSA) is 143 Å². The second-order valence-corrected chi connectivity index (χ2v) is 12.3. The molecule has 2 aromatic rings. The number of esters is 1. The predicted octanol–water partition coefficient (Wildman–Crippen LogP) is 2.33. The maximum Gasteiger partial charge on any atom is 0.344 e. The van der Waals surface area contributed by atoms with E-state index in [1.165, 1.54) is 0 Å². The third-order valence-corrected chi connectivity index (χ3v) is 10.8. The van der Waals surface area contributed by atoms with E-state index in [4.69, 9.17) is 14.6 Å². The summed E-state index contributed by atoms with van der Waals surface area (Å²) in [6.45, 7) is 1.67. The van der Waals surface area contributed by atoms with Gasteiger partial charge in [-0.25, -0.2) is 4.79 Å². The van der Waals surface area contributed by atoms with Gasteiger partial charge in [-0.15, -0.1) is 11.8 Å². The van der Waals surface area contributed by atoms with E-state index in [2.05, 4.69) is 4.98 Å². The third-order valence-electron chi connectivity index (χ3n) is 8.24. The fraction of sp³-hybridized carbons (Fsp3) is 0.500. The molecule has 3 fully saturated rings. The van der Waals surface area contributed by atoms with Gasteiger partial charge in [0, 0.05) is 22.6 Å². The molecule has 3 heterocycles. The number of aromatic nitrogens is 1. The molecule has 7 atom stereocenters. The average Bonchev–Trinajstić information content (AvgIpc) is 3.61. The van der Waals surface area contributed by atoms with Crippen molar-refractivity contribution in [1.82, 2.24) is 9.88 Å². The van der Waals surface area contributed by atoms with Crippen molar-refractivity contribution < 1.29 is 33.8 Å². The number of rotatable bonds is 8. The van der Waals surface area contributed by atoms with E-state index in [-0.39, 0.29) is 71.8 Å². The zero-order chi connectivity index (χ0) is 26.7. The summed E-state index contributed by atoms with van der Waals surface area (Å²) in [6.07, 6.45) is 0.476. The number of thiazole rings is 1. The van der Waals surface area contributed by atoms with Crippen LogP contribution in [0.25, 0.3) is 0 Å². The molecular weight excluding hydrogens is 532 g/mol. The molecule has 2 saturated carbocycles. The van der Waals surface area contributed by atoms with Crippen LogP contribution in [-0.2, 0) is 23.9 Å². The van der Waals surface area contributed by atoms with Crippen LogP contribution >= 0.6 is 23.1 Å². The average molecular weight is 559 g/mol. The maximum atomic E-state index is 13.4. The number of nitrogens with zero attached hydrogens (tertiary/aromatic N) is 1. The van der Waals surface area contributed by atoms with Gasteiger partial charge in [0.1, 0.15) is 5.75 Å². The zero-order valence-electron chi connectivity index (χ0n) is 20.5. The summed E-state index contributed by atoms with van der Waals surface area (Å²) < 4.78 is 10.6. The SMILES string of the molecule is CCOC(=O)COc1cccc([C@H]2c3sc(=O)[nH]c3SC3C4CC(C5C(=O)N(CCC(=O)O)C(=O)C45)C32)c1. The van der Waals surface area contributed by atoms with Gasteiger partial charge in [-0.2, -0.15) is 0 Å². The molecule has 1 saturated heterocycles. The summed E-state index contributed by atoms with van der Waals surface area (Å²) in [4.78, 5) is 66.9. The molecule has 0 spiro atoms. The molecule has 2 N–H and O–H groups in total. The Morgan fingerprint density at radius 2 is 1.92 bits per heavy atom. The first-order valence-electron chi connectivity index (χ1n) is 12.6. The lowest BCUT2D eigenvalue weighted by atomic mass is 9.68. The van der Waals surface area contributed by atoms with Crippen molar-refractivity contribution in [3.63, 3.8) is 0 Å². The first kappa shape index (κ1) is 25.2. The van der Waals surface area contributed by atoms with Gasteiger partial charge >= 0.3 is 16.8 Å². The quantitative estimate of drug-likeness (QED) is 0.369.